The lowest BCUT2D eigenvalue weighted by molar-refractivity contribution is -0.514. The Labute approximate surface area is 212 Å². The first-order valence-electron chi connectivity index (χ1n) is 11.1. The van der Waals surface area contributed by atoms with Crippen molar-refractivity contribution >= 4 is 58.3 Å². The number of allylic oxidation sites excluding steroid dienone is 1. The summed E-state index contributed by atoms with van der Waals surface area (Å²) in [5.74, 6) is 0.518. The van der Waals surface area contributed by atoms with Crippen molar-refractivity contribution < 1.29 is 14.5 Å². The Bertz CT molecular complexity index is 1140. The van der Waals surface area contributed by atoms with Crippen LogP contribution in [0.5, 0.6) is 0 Å². The number of nitrogens with zero attached hydrogens (tertiary/aromatic N) is 1. The molecule has 34 heavy (non-hydrogen) atoms. The van der Waals surface area contributed by atoms with Crippen molar-refractivity contribution in [2.45, 2.75) is 19.3 Å². The van der Waals surface area contributed by atoms with Crippen LogP contribution in [0.1, 0.15) is 24.8 Å². The van der Waals surface area contributed by atoms with Crippen LogP contribution < -0.4 is 10.7 Å². The maximum Gasteiger partial charge on any atom is 0.283 e. The molecule has 2 aliphatic heterocycles. The fourth-order valence-corrected chi connectivity index (χ4v) is 5.52. The van der Waals surface area contributed by atoms with Crippen molar-refractivity contribution in [2.24, 2.45) is 0 Å². The molecule has 0 radical (unpaired) electrons. The average molecular weight is 520 g/mol. The number of hydrogen-bond acceptors (Lipinski definition) is 4. The molecule has 5 nitrogen and oxygen atoms in total. The minimum Gasteiger partial charge on any atom is -0.295 e. The average Bonchev–Trinajstić information content (AvgIpc) is 2.83. The highest BCUT2D eigenvalue weighted by atomic mass is 35.5. The van der Waals surface area contributed by atoms with Gasteiger partial charge in [-0.15, -0.1) is 0 Å². The van der Waals surface area contributed by atoms with Crippen molar-refractivity contribution in [2.75, 3.05) is 24.6 Å². The molecule has 2 aliphatic rings. The lowest BCUT2D eigenvalue weighted by Crippen LogP contribution is -2.77. The lowest BCUT2D eigenvalue weighted by Gasteiger charge is -2.27. The Balaban J connectivity index is 1.69. The minimum absolute atomic E-state index is 0.0564. The SMILES string of the molecule is N=C(C(=O)NN1CCCCC1)C1=C([NH2+]c2ccc(Cl)cc2Cl)/C(=C/c2ccc(F)cc2)CSC1. The van der Waals surface area contributed by atoms with Gasteiger partial charge in [-0.3, -0.25) is 20.9 Å². The van der Waals surface area contributed by atoms with Gasteiger partial charge >= 0.3 is 0 Å². The zero-order valence-electron chi connectivity index (χ0n) is 18.5. The van der Waals surface area contributed by atoms with Crippen LogP contribution in [0.2, 0.25) is 10.0 Å². The van der Waals surface area contributed by atoms with E-state index in [1.807, 2.05) is 22.5 Å². The Hall–Kier alpha value is -2.16. The molecule has 2 heterocycles. The Morgan fingerprint density at radius 2 is 1.82 bits per heavy atom. The molecule has 0 aliphatic carbocycles. The molecule has 0 atom stereocenters. The van der Waals surface area contributed by atoms with Crippen molar-refractivity contribution in [1.29, 1.82) is 5.41 Å². The molecule has 0 unspecified atom stereocenters. The number of rotatable bonds is 6. The molecule has 1 amide bonds. The molecule has 0 saturated carbocycles. The molecule has 0 aromatic heterocycles. The first-order valence-corrected chi connectivity index (χ1v) is 13.0. The number of nitrogens with two attached hydrogens (primary N) is 1. The maximum absolute atomic E-state index is 13.4. The Morgan fingerprint density at radius 3 is 2.53 bits per heavy atom. The third-order valence-corrected chi connectivity index (χ3v) is 7.36. The topological polar surface area (TPSA) is 72.8 Å². The van der Waals surface area contributed by atoms with Crippen LogP contribution in [0, 0.1) is 11.2 Å². The van der Waals surface area contributed by atoms with E-state index in [0.717, 1.165) is 54.9 Å². The zero-order chi connectivity index (χ0) is 24.1. The summed E-state index contributed by atoms with van der Waals surface area (Å²) in [4.78, 5) is 13.0. The summed E-state index contributed by atoms with van der Waals surface area (Å²) in [7, 11) is 0. The summed E-state index contributed by atoms with van der Waals surface area (Å²) in [5.41, 5.74) is 6.81. The summed E-state index contributed by atoms with van der Waals surface area (Å²) < 4.78 is 13.4. The quantitative estimate of drug-likeness (QED) is 0.373. The van der Waals surface area contributed by atoms with Crippen LogP contribution in [0.4, 0.5) is 10.1 Å². The van der Waals surface area contributed by atoms with Crippen LogP contribution in [0.15, 0.2) is 59.3 Å². The van der Waals surface area contributed by atoms with Crippen molar-refractivity contribution in [3.63, 3.8) is 0 Å². The van der Waals surface area contributed by atoms with Gasteiger partial charge in [0, 0.05) is 41.3 Å². The summed E-state index contributed by atoms with van der Waals surface area (Å²) >= 11 is 14.2. The molecule has 178 valence electrons. The van der Waals surface area contributed by atoms with E-state index in [9.17, 15) is 9.18 Å². The fraction of sp³-hybridized carbons (Fsp3) is 0.280. The molecule has 1 saturated heterocycles. The van der Waals surface area contributed by atoms with Gasteiger partial charge in [-0.25, -0.2) is 9.40 Å². The van der Waals surface area contributed by atoms with Gasteiger partial charge < -0.3 is 0 Å². The molecule has 0 spiro atoms. The number of quaternary nitrogens is 1. The van der Waals surface area contributed by atoms with E-state index in [1.54, 1.807) is 36.0 Å². The number of carbonyl (C=O) groups excluding carboxylic acids is 1. The molecular weight excluding hydrogens is 494 g/mol. The van der Waals surface area contributed by atoms with E-state index in [0.29, 0.717) is 27.1 Å². The summed E-state index contributed by atoms with van der Waals surface area (Å²) in [5, 5.41) is 13.6. The van der Waals surface area contributed by atoms with E-state index in [-0.39, 0.29) is 11.5 Å². The Kier molecular flexibility index (Phi) is 8.45. The monoisotopic (exact) mass is 519 g/mol. The van der Waals surface area contributed by atoms with Gasteiger partial charge in [0.2, 0.25) is 0 Å². The fourth-order valence-electron chi connectivity index (χ4n) is 3.99. The third kappa shape index (κ3) is 6.29. The first kappa shape index (κ1) is 24.9. The van der Waals surface area contributed by atoms with Crippen molar-refractivity contribution in [1.82, 2.24) is 10.4 Å². The maximum atomic E-state index is 13.4. The van der Waals surface area contributed by atoms with Gasteiger partial charge in [0.15, 0.2) is 5.69 Å². The highest BCUT2D eigenvalue weighted by Gasteiger charge is 2.29. The smallest absolute Gasteiger partial charge is 0.283 e. The highest BCUT2D eigenvalue weighted by molar-refractivity contribution is 7.99. The summed E-state index contributed by atoms with van der Waals surface area (Å²) in [6, 6.07) is 11.5. The predicted molar refractivity (Wildman–Crippen MR) is 138 cm³/mol. The summed E-state index contributed by atoms with van der Waals surface area (Å²) in [6.45, 7) is 1.59. The molecule has 2 aromatic rings. The normalized spacial score (nSPS) is 18.3. The van der Waals surface area contributed by atoms with Gasteiger partial charge in [-0.05, 0) is 48.7 Å². The van der Waals surface area contributed by atoms with E-state index in [4.69, 9.17) is 28.6 Å². The number of thioether (sulfide) groups is 1. The molecule has 4 rings (SSSR count). The number of amides is 1. The van der Waals surface area contributed by atoms with E-state index in [2.05, 4.69) is 5.43 Å². The van der Waals surface area contributed by atoms with Gasteiger partial charge in [0.25, 0.3) is 5.91 Å². The second-order valence-corrected chi connectivity index (χ2v) is 10.1. The van der Waals surface area contributed by atoms with Crippen LogP contribution in [0.25, 0.3) is 6.08 Å². The third-order valence-electron chi connectivity index (χ3n) is 5.79. The first-order chi connectivity index (χ1) is 16.4. The number of piperidine rings is 1. The number of hydrogen-bond donors (Lipinski definition) is 3. The van der Waals surface area contributed by atoms with Gasteiger partial charge in [-0.2, -0.15) is 11.8 Å². The minimum atomic E-state index is -0.409. The number of carbonyl (C=O) groups is 1. The largest absolute Gasteiger partial charge is 0.295 e. The number of benzene rings is 2. The number of hydrazine groups is 1. The molecule has 0 bridgehead atoms. The van der Waals surface area contributed by atoms with E-state index in [1.165, 1.54) is 12.1 Å². The predicted octanol–water partition coefficient (Wildman–Crippen LogP) is 4.95. The second kappa shape index (κ2) is 11.5. The van der Waals surface area contributed by atoms with E-state index >= 15 is 0 Å². The molecule has 4 N–H and O–H groups in total. The molecular formula is C25H26Cl2FN4OS+. The van der Waals surface area contributed by atoms with Crippen molar-refractivity contribution in [3.05, 3.63) is 80.7 Å². The molecule has 9 heteroatoms. The number of halogens is 3. The van der Waals surface area contributed by atoms with Gasteiger partial charge in [-0.1, -0.05) is 41.8 Å². The molecule has 1 fully saturated rings. The van der Waals surface area contributed by atoms with Crippen LogP contribution >= 0.6 is 35.0 Å². The van der Waals surface area contributed by atoms with Gasteiger partial charge in [0.05, 0.1) is 5.57 Å². The standard InChI is InChI=1S/C25H25Cl2FN4OS/c26-18-6-9-22(21(27)13-18)30-24-17(12-16-4-7-19(28)8-5-16)14-34-15-20(24)23(29)25(33)31-32-10-2-1-3-11-32/h4-9,12-13,29-30H,1-3,10-11,14-15H2,(H,31,33)/p+1/b17-12+,29-23?. The highest BCUT2D eigenvalue weighted by Crippen LogP contribution is 2.29. The lowest BCUT2D eigenvalue weighted by atomic mass is 10.0. The Morgan fingerprint density at radius 1 is 1.09 bits per heavy atom. The van der Waals surface area contributed by atoms with Crippen LogP contribution in [-0.2, 0) is 4.79 Å². The van der Waals surface area contributed by atoms with Crippen molar-refractivity contribution in [3.8, 4) is 0 Å². The second-order valence-electron chi connectivity index (χ2n) is 8.28. The zero-order valence-corrected chi connectivity index (χ0v) is 20.9. The number of nitrogens with one attached hydrogen (secondary N) is 2. The van der Waals surface area contributed by atoms with Gasteiger partial charge in [0.1, 0.15) is 22.2 Å². The van der Waals surface area contributed by atoms with E-state index < -0.39 is 5.91 Å². The summed E-state index contributed by atoms with van der Waals surface area (Å²) in [6.07, 6.45) is 5.19. The van der Waals surface area contributed by atoms with Crippen LogP contribution in [0.3, 0.4) is 0 Å². The van der Waals surface area contributed by atoms with Crippen LogP contribution in [-0.4, -0.2) is 41.2 Å². The molecule has 2 aromatic carbocycles.